The summed E-state index contributed by atoms with van der Waals surface area (Å²) in [6, 6.07) is 6.94. The van der Waals surface area contributed by atoms with Crippen molar-refractivity contribution in [2.75, 3.05) is 18.4 Å². The fourth-order valence-electron chi connectivity index (χ4n) is 3.01. The lowest BCUT2D eigenvalue weighted by molar-refractivity contribution is 0.0697. The van der Waals surface area contributed by atoms with Crippen molar-refractivity contribution in [3.8, 4) is 0 Å². The van der Waals surface area contributed by atoms with Crippen molar-refractivity contribution in [2.24, 2.45) is 5.92 Å². The summed E-state index contributed by atoms with van der Waals surface area (Å²) < 4.78 is 0. The van der Waals surface area contributed by atoms with Gasteiger partial charge in [-0.15, -0.1) is 0 Å². The summed E-state index contributed by atoms with van der Waals surface area (Å²) in [5, 5.41) is 3.42. The van der Waals surface area contributed by atoms with E-state index in [-0.39, 0.29) is 11.8 Å². The van der Waals surface area contributed by atoms with Crippen LogP contribution in [-0.4, -0.2) is 34.8 Å². The molecule has 0 spiro atoms. The van der Waals surface area contributed by atoms with Crippen molar-refractivity contribution < 1.29 is 9.59 Å². The highest BCUT2D eigenvalue weighted by Crippen LogP contribution is 2.23. The minimum absolute atomic E-state index is 0.0713. The van der Waals surface area contributed by atoms with Gasteiger partial charge in [-0.1, -0.05) is 24.6 Å². The van der Waals surface area contributed by atoms with E-state index < -0.39 is 0 Å². The number of amides is 2. The predicted molar refractivity (Wildman–Crippen MR) is 103 cm³/mol. The van der Waals surface area contributed by atoms with Gasteiger partial charge in [0.2, 0.25) is 0 Å². The molecule has 0 atom stereocenters. The molecule has 1 aliphatic rings. The number of carbonyl (C=O) groups is 2. The summed E-state index contributed by atoms with van der Waals surface area (Å²) in [5.41, 5.74) is 2.23. The van der Waals surface area contributed by atoms with Gasteiger partial charge in [0.1, 0.15) is 0 Å². The zero-order chi connectivity index (χ0) is 18.7. The van der Waals surface area contributed by atoms with Crippen LogP contribution in [0.15, 0.2) is 36.7 Å². The first-order chi connectivity index (χ1) is 12.5. The molecule has 1 aromatic carbocycles. The first-order valence-electron chi connectivity index (χ1n) is 8.76. The molecule has 5 nitrogen and oxygen atoms in total. The van der Waals surface area contributed by atoms with E-state index in [1.54, 1.807) is 24.3 Å². The summed E-state index contributed by atoms with van der Waals surface area (Å²) in [7, 11) is 0. The standard InChI is InChI=1S/C20H22ClN3O2/c1-13-6-8-24(9-7-13)20(26)16-10-15(11-22-12-16)19(25)23-18-5-3-4-17(21)14(18)2/h3-5,10-13H,6-9H2,1-2H3,(H,23,25). The number of piperidine rings is 1. The van der Waals surface area contributed by atoms with Crippen LogP contribution < -0.4 is 5.32 Å². The maximum atomic E-state index is 12.7. The van der Waals surface area contributed by atoms with Crippen LogP contribution in [0.5, 0.6) is 0 Å². The van der Waals surface area contributed by atoms with E-state index in [2.05, 4.69) is 17.2 Å². The van der Waals surface area contributed by atoms with Gasteiger partial charge >= 0.3 is 0 Å². The van der Waals surface area contributed by atoms with E-state index in [1.807, 2.05) is 11.8 Å². The number of hydrogen-bond donors (Lipinski definition) is 1. The lowest BCUT2D eigenvalue weighted by Crippen LogP contribution is -2.38. The maximum Gasteiger partial charge on any atom is 0.257 e. The van der Waals surface area contributed by atoms with E-state index in [9.17, 15) is 9.59 Å². The van der Waals surface area contributed by atoms with Gasteiger partial charge in [0, 0.05) is 36.2 Å². The molecule has 1 aromatic heterocycles. The summed E-state index contributed by atoms with van der Waals surface area (Å²) >= 11 is 6.09. The smallest absolute Gasteiger partial charge is 0.257 e. The van der Waals surface area contributed by atoms with Gasteiger partial charge in [-0.05, 0) is 49.4 Å². The highest BCUT2D eigenvalue weighted by molar-refractivity contribution is 6.31. The Morgan fingerprint density at radius 2 is 1.88 bits per heavy atom. The Kier molecular flexibility index (Phi) is 5.57. The van der Waals surface area contributed by atoms with Crippen LogP contribution in [0.25, 0.3) is 0 Å². The van der Waals surface area contributed by atoms with Crippen LogP contribution in [0.1, 0.15) is 46.0 Å². The molecule has 0 radical (unpaired) electrons. The van der Waals surface area contributed by atoms with Gasteiger partial charge in [-0.2, -0.15) is 0 Å². The number of anilines is 1. The number of pyridine rings is 1. The van der Waals surface area contributed by atoms with Gasteiger partial charge in [-0.3, -0.25) is 14.6 Å². The second-order valence-corrected chi connectivity index (χ2v) is 7.21. The zero-order valence-electron chi connectivity index (χ0n) is 15.0. The molecule has 1 N–H and O–H groups in total. The van der Waals surface area contributed by atoms with Crippen LogP contribution in [0.2, 0.25) is 5.02 Å². The molecule has 2 aromatic rings. The van der Waals surface area contributed by atoms with Crippen molar-refractivity contribution in [2.45, 2.75) is 26.7 Å². The largest absolute Gasteiger partial charge is 0.339 e. The second kappa shape index (κ2) is 7.87. The fraction of sp³-hybridized carbons (Fsp3) is 0.350. The quantitative estimate of drug-likeness (QED) is 0.880. The third-order valence-electron chi connectivity index (χ3n) is 4.83. The van der Waals surface area contributed by atoms with Crippen LogP contribution >= 0.6 is 11.6 Å². The Balaban J connectivity index is 1.75. The number of hydrogen-bond acceptors (Lipinski definition) is 3. The van der Waals surface area contributed by atoms with E-state index in [0.29, 0.717) is 27.8 Å². The first-order valence-corrected chi connectivity index (χ1v) is 9.14. The molecule has 0 bridgehead atoms. The Hall–Kier alpha value is -2.40. The molecule has 0 aliphatic carbocycles. The number of nitrogens with zero attached hydrogens (tertiary/aromatic N) is 2. The highest BCUT2D eigenvalue weighted by atomic mass is 35.5. The van der Waals surface area contributed by atoms with Crippen molar-refractivity contribution in [3.63, 3.8) is 0 Å². The minimum atomic E-state index is -0.315. The van der Waals surface area contributed by atoms with E-state index >= 15 is 0 Å². The number of rotatable bonds is 3. The van der Waals surface area contributed by atoms with E-state index in [4.69, 9.17) is 11.6 Å². The molecular formula is C20H22ClN3O2. The third-order valence-corrected chi connectivity index (χ3v) is 5.24. The third kappa shape index (κ3) is 4.05. The molecule has 3 rings (SSSR count). The number of carbonyl (C=O) groups excluding carboxylic acids is 2. The van der Waals surface area contributed by atoms with Crippen LogP contribution in [0, 0.1) is 12.8 Å². The van der Waals surface area contributed by atoms with Crippen molar-refractivity contribution in [1.29, 1.82) is 0 Å². The molecule has 0 unspecified atom stereocenters. The number of halogens is 1. The van der Waals surface area contributed by atoms with E-state index in [1.165, 1.54) is 12.4 Å². The van der Waals surface area contributed by atoms with Crippen LogP contribution in [0.3, 0.4) is 0 Å². The zero-order valence-corrected chi connectivity index (χ0v) is 15.7. The molecule has 26 heavy (non-hydrogen) atoms. The maximum absolute atomic E-state index is 12.7. The van der Waals surface area contributed by atoms with E-state index in [0.717, 1.165) is 31.5 Å². The van der Waals surface area contributed by atoms with Gasteiger partial charge < -0.3 is 10.2 Å². The summed E-state index contributed by atoms with van der Waals surface area (Å²) in [4.78, 5) is 31.1. The molecule has 1 aliphatic heterocycles. The lowest BCUT2D eigenvalue weighted by Gasteiger charge is -2.30. The average molecular weight is 372 g/mol. The summed E-state index contributed by atoms with van der Waals surface area (Å²) in [5.74, 6) is 0.262. The Morgan fingerprint density at radius 3 is 2.62 bits per heavy atom. The topological polar surface area (TPSA) is 62.3 Å². The molecule has 6 heteroatoms. The van der Waals surface area contributed by atoms with Gasteiger partial charge in [-0.25, -0.2) is 0 Å². The summed E-state index contributed by atoms with van der Waals surface area (Å²) in [6.07, 6.45) is 4.99. The Labute approximate surface area is 158 Å². The van der Waals surface area contributed by atoms with Crippen molar-refractivity contribution in [1.82, 2.24) is 9.88 Å². The molecule has 0 saturated carbocycles. The lowest BCUT2D eigenvalue weighted by atomic mass is 9.98. The summed E-state index contributed by atoms with van der Waals surface area (Å²) in [6.45, 7) is 5.54. The second-order valence-electron chi connectivity index (χ2n) is 6.80. The van der Waals surface area contributed by atoms with Gasteiger partial charge in [0.05, 0.1) is 11.1 Å². The molecule has 1 fully saturated rings. The van der Waals surface area contributed by atoms with Gasteiger partial charge in [0.15, 0.2) is 0 Å². The highest BCUT2D eigenvalue weighted by Gasteiger charge is 2.22. The fourth-order valence-corrected chi connectivity index (χ4v) is 3.19. The minimum Gasteiger partial charge on any atom is -0.339 e. The molecule has 1 saturated heterocycles. The number of aromatic nitrogens is 1. The molecule has 2 heterocycles. The number of benzene rings is 1. The molecule has 2 amide bonds. The van der Waals surface area contributed by atoms with Crippen molar-refractivity contribution in [3.05, 3.63) is 58.4 Å². The Morgan fingerprint density at radius 1 is 1.19 bits per heavy atom. The Bertz CT molecular complexity index is 830. The van der Waals surface area contributed by atoms with Crippen LogP contribution in [-0.2, 0) is 0 Å². The normalized spacial score (nSPS) is 15.0. The number of nitrogens with one attached hydrogen (secondary N) is 1. The van der Waals surface area contributed by atoms with Crippen molar-refractivity contribution >= 4 is 29.1 Å². The molecular weight excluding hydrogens is 350 g/mol. The van der Waals surface area contributed by atoms with Gasteiger partial charge in [0.25, 0.3) is 11.8 Å². The SMILES string of the molecule is Cc1c(Cl)cccc1NC(=O)c1cncc(C(=O)N2CCC(C)CC2)c1. The predicted octanol–water partition coefficient (Wildman–Crippen LogP) is 4.17. The number of likely N-dealkylation sites (tertiary alicyclic amines) is 1. The first kappa shape index (κ1) is 18.4. The molecule has 136 valence electrons. The van der Waals surface area contributed by atoms with Crippen LogP contribution in [0.4, 0.5) is 5.69 Å². The monoisotopic (exact) mass is 371 g/mol. The average Bonchev–Trinajstić information content (AvgIpc) is 2.65.